The number of nitrogens with one attached hydrogen (secondary N) is 1. The average Bonchev–Trinajstić information content (AvgIpc) is 2.62. The molecule has 5 heteroatoms. The van der Waals surface area contributed by atoms with Crippen molar-refractivity contribution in [2.24, 2.45) is 5.14 Å². The molecule has 0 atom stereocenters. The van der Waals surface area contributed by atoms with Gasteiger partial charge in [-0.15, -0.1) is 0 Å². The highest BCUT2D eigenvalue weighted by Gasteiger charge is 2.03. The Hall–Kier alpha value is -1.85. The number of rotatable bonds is 1. The monoisotopic (exact) mass is 250 g/mol. The van der Waals surface area contributed by atoms with Crippen molar-refractivity contribution in [2.45, 2.75) is 4.90 Å². The van der Waals surface area contributed by atoms with Crippen LogP contribution >= 0.6 is 0 Å². The molecule has 1 aliphatic heterocycles. The molecule has 17 heavy (non-hydrogen) atoms. The third-order valence-corrected chi connectivity index (χ3v) is 2.72. The highest BCUT2D eigenvalue weighted by atomic mass is 32.2. The number of primary sulfonamides is 1. The summed E-state index contributed by atoms with van der Waals surface area (Å²) in [6.07, 6.45) is 11.6. The lowest BCUT2D eigenvalue weighted by Gasteiger charge is -1.93. The van der Waals surface area contributed by atoms with Gasteiger partial charge in [0.15, 0.2) is 0 Å². The molecule has 2 rings (SSSR count). The second-order valence-electron chi connectivity index (χ2n) is 3.13. The molecule has 0 spiro atoms. The maximum Gasteiger partial charge on any atom is 0.238 e. The first-order chi connectivity index (χ1) is 8.11. The van der Waals surface area contributed by atoms with Crippen LogP contribution in [-0.2, 0) is 10.0 Å². The number of allylic oxidation sites excluding steroid dienone is 4. The Morgan fingerprint density at radius 1 is 0.882 bits per heavy atom. The van der Waals surface area contributed by atoms with Crippen molar-refractivity contribution in [1.29, 1.82) is 0 Å². The van der Waals surface area contributed by atoms with Crippen LogP contribution in [0, 0.1) is 0 Å². The molecule has 0 amide bonds. The Morgan fingerprint density at radius 2 is 1.41 bits per heavy atom. The predicted molar refractivity (Wildman–Crippen MR) is 68.4 cm³/mol. The largest absolute Gasteiger partial charge is 0.368 e. The SMILES string of the molecule is C1=CC=CNC=C1.NS(=O)(=O)c1ccccc1. The highest BCUT2D eigenvalue weighted by molar-refractivity contribution is 7.89. The van der Waals surface area contributed by atoms with Crippen molar-refractivity contribution in [2.75, 3.05) is 0 Å². The fourth-order valence-corrected chi connectivity index (χ4v) is 1.55. The summed E-state index contributed by atoms with van der Waals surface area (Å²) in [5.41, 5.74) is 0. The standard InChI is InChI=1S/C6H7NO2S.C6H7N/c7-10(8,9)6-4-2-1-3-5-6;1-2-4-6-7-5-3-1/h1-5H,(H2,7,8,9);1-7H. The van der Waals surface area contributed by atoms with Crippen LogP contribution in [-0.4, -0.2) is 8.42 Å². The first kappa shape index (κ1) is 13.2. The molecule has 1 heterocycles. The van der Waals surface area contributed by atoms with Gasteiger partial charge >= 0.3 is 0 Å². The number of hydrogen-bond acceptors (Lipinski definition) is 3. The van der Waals surface area contributed by atoms with Crippen molar-refractivity contribution in [1.82, 2.24) is 5.32 Å². The third-order valence-electron chi connectivity index (χ3n) is 1.79. The van der Waals surface area contributed by atoms with E-state index in [0.717, 1.165) is 0 Å². The normalized spacial score (nSPS) is 13.2. The summed E-state index contributed by atoms with van der Waals surface area (Å²) in [6, 6.07) is 7.89. The zero-order chi connectivity index (χ0) is 12.6. The van der Waals surface area contributed by atoms with Gasteiger partial charge in [0.25, 0.3) is 0 Å². The van der Waals surface area contributed by atoms with Crippen molar-refractivity contribution >= 4 is 10.0 Å². The average molecular weight is 250 g/mol. The van der Waals surface area contributed by atoms with E-state index in [2.05, 4.69) is 5.32 Å². The lowest BCUT2D eigenvalue weighted by atomic mass is 10.4. The molecule has 0 aliphatic carbocycles. The zero-order valence-corrected chi connectivity index (χ0v) is 9.97. The topological polar surface area (TPSA) is 72.2 Å². The third kappa shape index (κ3) is 5.70. The number of hydrogen-bond donors (Lipinski definition) is 2. The van der Waals surface area contributed by atoms with Gasteiger partial charge in [-0.3, -0.25) is 0 Å². The van der Waals surface area contributed by atoms with Crippen molar-refractivity contribution < 1.29 is 8.42 Å². The molecule has 1 aliphatic rings. The Kier molecular flexibility index (Phi) is 5.19. The van der Waals surface area contributed by atoms with E-state index in [1.807, 2.05) is 36.7 Å². The lowest BCUT2D eigenvalue weighted by Crippen LogP contribution is -2.11. The second-order valence-corrected chi connectivity index (χ2v) is 4.69. The van der Waals surface area contributed by atoms with Crippen LogP contribution in [0.4, 0.5) is 0 Å². The van der Waals surface area contributed by atoms with Gasteiger partial charge in [-0.1, -0.05) is 30.4 Å². The zero-order valence-electron chi connectivity index (χ0n) is 9.15. The Bertz CT molecular complexity index is 503. The predicted octanol–water partition coefficient (Wildman–Crippen LogP) is 1.51. The molecule has 0 bridgehead atoms. The summed E-state index contributed by atoms with van der Waals surface area (Å²) >= 11 is 0. The van der Waals surface area contributed by atoms with Crippen LogP contribution in [0.2, 0.25) is 0 Å². The maximum absolute atomic E-state index is 10.6. The molecule has 3 N–H and O–H groups in total. The van der Waals surface area contributed by atoms with E-state index in [4.69, 9.17) is 5.14 Å². The molecule has 0 saturated carbocycles. The van der Waals surface area contributed by atoms with Crippen LogP contribution < -0.4 is 10.5 Å². The van der Waals surface area contributed by atoms with E-state index in [1.165, 1.54) is 12.1 Å². The van der Waals surface area contributed by atoms with Gasteiger partial charge in [-0.25, -0.2) is 13.6 Å². The molecular weight excluding hydrogens is 236 g/mol. The van der Waals surface area contributed by atoms with Crippen LogP contribution in [0.25, 0.3) is 0 Å². The highest BCUT2D eigenvalue weighted by Crippen LogP contribution is 2.02. The van der Waals surface area contributed by atoms with Crippen LogP contribution in [0.1, 0.15) is 0 Å². The fraction of sp³-hybridized carbons (Fsp3) is 0. The molecular formula is C12H14N2O2S. The summed E-state index contributed by atoms with van der Waals surface area (Å²) in [7, 11) is -3.50. The summed E-state index contributed by atoms with van der Waals surface area (Å²) in [5, 5.41) is 7.75. The van der Waals surface area contributed by atoms with Gasteiger partial charge in [0, 0.05) is 12.4 Å². The van der Waals surface area contributed by atoms with Crippen molar-refractivity contribution in [3.63, 3.8) is 0 Å². The first-order valence-corrected chi connectivity index (χ1v) is 6.47. The molecule has 90 valence electrons. The van der Waals surface area contributed by atoms with Gasteiger partial charge in [-0.05, 0) is 24.3 Å². The maximum atomic E-state index is 10.6. The van der Waals surface area contributed by atoms with Gasteiger partial charge in [-0.2, -0.15) is 0 Å². The minimum atomic E-state index is -3.50. The number of sulfonamides is 1. The minimum absolute atomic E-state index is 0.148. The number of benzene rings is 1. The Morgan fingerprint density at radius 3 is 1.82 bits per heavy atom. The molecule has 0 aromatic heterocycles. The van der Waals surface area contributed by atoms with E-state index < -0.39 is 10.0 Å². The number of nitrogens with two attached hydrogens (primary N) is 1. The van der Waals surface area contributed by atoms with Gasteiger partial charge in [0.1, 0.15) is 0 Å². The quantitative estimate of drug-likeness (QED) is 0.793. The summed E-state index contributed by atoms with van der Waals surface area (Å²) in [4.78, 5) is 0.148. The fourth-order valence-electron chi connectivity index (χ4n) is 1.02. The van der Waals surface area contributed by atoms with Gasteiger partial charge in [0.05, 0.1) is 4.90 Å². The smallest absolute Gasteiger partial charge is 0.238 e. The molecule has 0 radical (unpaired) electrons. The van der Waals surface area contributed by atoms with Crippen molar-refractivity contribution in [3.8, 4) is 0 Å². The van der Waals surface area contributed by atoms with E-state index in [1.54, 1.807) is 18.2 Å². The summed E-state index contributed by atoms with van der Waals surface area (Å²) in [5.74, 6) is 0. The molecule has 1 aromatic carbocycles. The molecule has 0 fully saturated rings. The van der Waals surface area contributed by atoms with E-state index >= 15 is 0 Å². The van der Waals surface area contributed by atoms with Gasteiger partial charge in [0.2, 0.25) is 10.0 Å². The molecule has 1 aromatic rings. The summed E-state index contributed by atoms with van der Waals surface area (Å²) < 4.78 is 21.2. The van der Waals surface area contributed by atoms with Crippen LogP contribution in [0.5, 0.6) is 0 Å². The van der Waals surface area contributed by atoms with Crippen LogP contribution in [0.15, 0.2) is 71.9 Å². The molecule has 4 nitrogen and oxygen atoms in total. The van der Waals surface area contributed by atoms with Crippen molar-refractivity contribution in [3.05, 3.63) is 67.0 Å². The minimum Gasteiger partial charge on any atom is -0.368 e. The first-order valence-electron chi connectivity index (χ1n) is 4.93. The van der Waals surface area contributed by atoms with E-state index in [0.29, 0.717) is 0 Å². The molecule has 0 unspecified atom stereocenters. The van der Waals surface area contributed by atoms with Gasteiger partial charge < -0.3 is 5.32 Å². The van der Waals surface area contributed by atoms with Crippen LogP contribution in [0.3, 0.4) is 0 Å². The summed E-state index contributed by atoms with van der Waals surface area (Å²) in [6.45, 7) is 0. The van der Waals surface area contributed by atoms with E-state index in [9.17, 15) is 8.42 Å². The second kappa shape index (κ2) is 6.67. The lowest BCUT2D eigenvalue weighted by molar-refractivity contribution is 0.598. The Labute approximate surface area is 101 Å². The van der Waals surface area contributed by atoms with E-state index in [-0.39, 0.29) is 4.90 Å². The molecule has 0 saturated heterocycles. The Balaban J connectivity index is 0.000000181.